The fraction of sp³-hybridized carbons (Fsp3) is 0.429. The van der Waals surface area contributed by atoms with Crippen LogP contribution in [0.1, 0.15) is 44.2 Å². The van der Waals surface area contributed by atoms with Gasteiger partial charge in [0.15, 0.2) is 5.84 Å². The zero-order valence-corrected chi connectivity index (χ0v) is 11.2. The maximum absolute atomic E-state index is 11.8. The molecule has 0 aromatic heterocycles. The Morgan fingerprint density at radius 2 is 2.05 bits per heavy atom. The van der Waals surface area contributed by atoms with Gasteiger partial charge in [-0.15, -0.1) is 0 Å². The first-order valence-corrected chi connectivity index (χ1v) is 6.50. The molecule has 0 radical (unpaired) electrons. The highest BCUT2D eigenvalue weighted by atomic mass is 16.4. The molecule has 0 spiro atoms. The Bertz CT molecular complexity index is 418. The van der Waals surface area contributed by atoms with E-state index in [1.54, 1.807) is 0 Å². The van der Waals surface area contributed by atoms with Crippen LogP contribution in [-0.4, -0.2) is 17.0 Å². The number of nitrogens with two attached hydrogens (primary N) is 1. The molecular weight excluding hydrogens is 242 g/mol. The molecule has 5 heteroatoms. The second kappa shape index (κ2) is 8.13. The zero-order valence-electron chi connectivity index (χ0n) is 11.2. The Hall–Kier alpha value is -2.04. The Balaban J connectivity index is 2.69. The number of unbranched alkanes of at least 4 members (excludes halogenated alkanes) is 2. The number of rotatable bonds is 7. The maximum Gasteiger partial charge on any atom is 0.220 e. The average Bonchev–Trinajstić information content (AvgIpc) is 2.45. The lowest BCUT2D eigenvalue weighted by molar-refractivity contribution is -0.121. The molecule has 1 rings (SSSR count). The lowest BCUT2D eigenvalue weighted by Gasteiger charge is -2.17. The van der Waals surface area contributed by atoms with Crippen LogP contribution >= 0.6 is 0 Å². The lowest BCUT2D eigenvalue weighted by atomic mass is 10.1. The minimum atomic E-state index is -0.583. The number of nitrogens with zero attached hydrogens (tertiary/aromatic N) is 1. The van der Waals surface area contributed by atoms with E-state index in [0.717, 1.165) is 24.8 Å². The summed E-state index contributed by atoms with van der Waals surface area (Å²) in [5, 5.41) is 14.6. The van der Waals surface area contributed by atoms with Crippen molar-refractivity contribution in [2.75, 3.05) is 0 Å². The average molecular weight is 263 g/mol. The predicted octanol–water partition coefficient (Wildman–Crippen LogP) is 2.17. The van der Waals surface area contributed by atoms with Gasteiger partial charge in [0.25, 0.3) is 0 Å². The molecule has 0 saturated heterocycles. The highest BCUT2D eigenvalue weighted by Crippen LogP contribution is 2.13. The quantitative estimate of drug-likeness (QED) is 0.231. The van der Waals surface area contributed by atoms with Crippen LogP contribution in [0.25, 0.3) is 0 Å². The van der Waals surface area contributed by atoms with Gasteiger partial charge in [-0.05, 0) is 12.0 Å². The first kappa shape index (κ1) is 15.0. The molecule has 4 N–H and O–H groups in total. The van der Waals surface area contributed by atoms with Gasteiger partial charge < -0.3 is 16.3 Å². The second-order valence-electron chi connectivity index (χ2n) is 4.39. The lowest BCUT2D eigenvalue weighted by Crippen LogP contribution is -2.37. The molecular formula is C14H21N3O2. The van der Waals surface area contributed by atoms with Crippen molar-refractivity contribution in [3.8, 4) is 0 Å². The number of carbonyl (C=O) groups is 1. The third kappa shape index (κ3) is 4.99. The van der Waals surface area contributed by atoms with E-state index in [9.17, 15) is 4.79 Å². The van der Waals surface area contributed by atoms with E-state index in [4.69, 9.17) is 10.9 Å². The molecule has 1 atom stereocenters. The van der Waals surface area contributed by atoms with Crippen molar-refractivity contribution in [1.82, 2.24) is 5.32 Å². The van der Waals surface area contributed by atoms with Crippen molar-refractivity contribution in [2.45, 2.75) is 38.6 Å². The van der Waals surface area contributed by atoms with Gasteiger partial charge >= 0.3 is 0 Å². The van der Waals surface area contributed by atoms with Gasteiger partial charge in [0.05, 0.1) is 0 Å². The molecule has 0 saturated carbocycles. The van der Waals surface area contributed by atoms with Gasteiger partial charge in [-0.1, -0.05) is 55.3 Å². The van der Waals surface area contributed by atoms with E-state index in [1.807, 2.05) is 30.3 Å². The van der Waals surface area contributed by atoms with Crippen LogP contribution in [0, 0.1) is 0 Å². The molecule has 0 heterocycles. The van der Waals surface area contributed by atoms with Crippen LogP contribution in [-0.2, 0) is 4.79 Å². The largest absolute Gasteiger partial charge is 0.409 e. The Labute approximate surface area is 113 Å². The molecule has 104 valence electrons. The van der Waals surface area contributed by atoms with Crippen LogP contribution in [0.5, 0.6) is 0 Å². The van der Waals surface area contributed by atoms with Gasteiger partial charge in [0.2, 0.25) is 5.91 Å². The van der Waals surface area contributed by atoms with Gasteiger partial charge in [-0.3, -0.25) is 4.79 Å². The van der Waals surface area contributed by atoms with Crippen LogP contribution in [0.15, 0.2) is 35.5 Å². The number of oxime groups is 1. The van der Waals surface area contributed by atoms with E-state index >= 15 is 0 Å². The summed E-state index contributed by atoms with van der Waals surface area (Å²) in [6, 6.07) is 8.63. The maximum atomic E-state index is 11.8. The standard InChI is InChI=1S/C14H21N3O2/c1-2-3-5-10-12(18)16-13(14(15)17-19)11-8-6-4-7-9-11/h4,6-9,13,19H,2-3,5,10H2,1H3,(H2,15,17)(H,16,18). The summed E-state index contributed by atoms with van der Waals surface area (Å²) < 4.78 is 0. The smallest absolute Gasteiger partial charge is 0.220 e. The topological polar surface area (TPSA) is 87.7 Å². The van der Waals surface area contributed by atoms with Gasteiger partial charge in [0, 0.05) is 6.42 Å². The summed E-state index contributed by atoms with van der Waals surface area (Å²) in [6.07, 6.45) is 3.39. The molecule has 5 nitrogen and oxygen atoms in total. The van der Waals surface area contributed by atoms with Gasteiger partial charge in [-0.25, -0.2) is 0 Å². The third-order valence-corrected chi connectivity index (χ3v) is 2.86. The summed E-state index contributed by atoms with van der Waals surface area (Å²) in [4.78, 5) is 11.8. The molecule has 0 bridgehead atoms. The number of hydrogen-bond donors (Lipinski definition) is 3. The second-order valence-corrected chi connectivity index (χ2v) is 4.39. The number of amidine groups is 1. The van der Waals surface area contributed by atoms with Crippen LogP contribution in [0.3, 0.4) is 0 Å². The van der Waals surface area contributed by atoms with Crippen molar-refractivity contribution >= 4 is 11.7 Å². The minimum absolute atomic E-state index is 0.0185. The highest BCUT2D eigenvalue weighted by molar-refractivity contribution is 5.90. The summed E-state index contributed by atoms with van der Waals surface area (Å²) in [5.74, 6) is -0.107. The SMILES string of the molecule is CCCCCC(=O)NC(/C(N)=N/O)c1ccccc1. The summed E-state index contributed by atoms with van der Waals surface area (Å²) in [7, 11) is 0. The molecule has 1 unspecified atom stereocenters. The van der Waals surface area contributed by atoms with E-state index < -0.39 is 6.04 Å². The summed E-state index contributed by atoms with van der Waals surface area (Å²) in [5.41, 5.74) is 6.43. The van der Waals surface area contributed by atoms with E-state index in [2.05, 4.69) is 17.4 Å². The van der Waals surface area contributed by atoms with E-state index in [-0.39, 0.29) is 11.7 Å². The molecule has 0 fully saturated rings. The number of hydrogen-bond acceptors (Lipinski definition) is 3. The molecule has 0 aliphatic rings. The first-order valence-electron chi connectivity index (χ1n) is 6.50. The summed E-state index contributed by atoms with van der Waals surface area (Å²) >= 11 is 0. The van der Waals surface area contributed by atoms with Gasteiger partial charge in [-0.2, -0.15) is 0 Å². The number of benzene rings is 1. The first-order chi connectivity index (χ1) is 9.19. The van der Waals surface area contributed by atoms with Crippen molar-refractivity contribution in [3.63, 3.8) is 0 Å². The van der Waals surface area contributed by atoms with Crippen LogP contribution in [0.2, 0.25) is 0 Å². The predicted molar refractivity (Wildman–Crippen MR) is 74.9 cm³/mol. The molecule has 0 aliphatic heterocycles. The Morgan fingerprint density at radius 1 is 1.37 bits per heavy atom. The number of carbonyl (C=O) groups excluding carboxylic acids is 1. The minimum Gasteiger partial charge on any atom is -0.409 e. The Morgan fingerprint density at radius 3 is 2.63 bits per heavy atom. The van der Waals surface area contributed by atoms with Crippen molar-refractivity contribution in [3.05, 3.63) is 35.9 Å². The highest BCUT2D eigenvalue weighted by Gasteiger charge is 2.18. The molecule has 0 aliphatic carbocycles. The Kier molecular flexibility index (Phi) is 6.43. The normalized spacial score (nSPS) is 13.0. The van der Waals surface area contributed by atoms with Crippen LogP contribution in [0.4, 0.5) is 0 Å². The zero-order chi connectivity index (χ0) is 14.1. The fourth-order valence-electron chi connectivity index (χ4n) is 1.80. The molecule has 19 heavy (non-hydrogen) atoms. The van der Waals surface area contributed by atoms with Crippen molar-refractivity contribution in [2.24, 2.45) is 10.9 Å². The molecule has 1 aromatic carbocycles. The van der Waals surface area contributed by atoms with Crippen LogP contribution < -0.4 is 11.1 Å². The van der Waals surface area contributed by atoms with Crippen molar-refractivity contribution in [1.29, 1.82) is 0 Å². The number of nitrogens with one attached hydrogen (secondary N) is 1. The molecule has 1 aromatic rings. The van der Waals surface area contributed by atoms with E-state index in [0.29, 0.717) is 6.42 Å². The van der Waals surface area contributed by atoms with Crippen molar-refractivity contribution < 1.29 is 10.0 Å². The third-order valence-electron chi connectivity index (χ3n) is 2.86. The van der Waals surface area contributed by atoms with Gasteiger partial charge in [0.1, 0.15) is 6.04 Å². The summed E-state index contributed by atoms with van der Waals surface area (Å²) in [6.45, 7) is 2.08. The van der Waals surface area contributed by atoms with E-state index in [1.165, 1.54) is 0 Å². The monoisotopic (exact) mass is 263 g/mol. The fourth-order valence-corrected chi connectivity index (χ4v) is 1.80. The molecule has 1 amide bonds. The number of amides is 1.